The number of hydrogen-bond acceptors (Lipinski definition) is 2. The first-order chi connectivity index (χ1) is 8.36. The molecule has 2 N–H and O–H groups in total. The van der Waals surface area contributed by atoms with Gasteiger partial charge >= 0.3 is 0 Å². The van der Waals surface area contributed by atoms with Gasteiger partial charge in [-0.3, -0.25) is 4.79 Å². The van der Waals surface area contributed by atoms with E-state index in [4.69, 9.17) is 0 Å². The highest BCUT2D eigenvalue weighted by molar-refractivity contribution is 5.78. The summed E-state index contributed by atoms with van der Waals surface area (Å²) >= 11 is 0. The minimum Gasteiger partial charge on any atom is -0.356 e. The van der Waals surface area contributed by atoms with Crippen molar-refractivity contribution < 1.29 is 4.79 Å². The van der Waals surface area contributed by atoms with Crippen LogP contribution in [0, 0.1) is 5.92 Å². The van der Waals surface area contributed by atoms with E-state index in [0.29, 0.717) is 17.9 Å². The Balaban J connectivity index is 1.61. The highest BCUT2D eigenvalue weighted by Crippen LogP contribution is 2.22. The molecule has 1 unspecified atom stereocenters. The average Bonchev–Trinajstić information content (AvgIpc) is 2.69. The maximum absolute atomic E-state index is 12.0. The van der Waals surface area contributed by atoms with Gasteiger partial charge in [-0.2, -0.15) is 0 Å². The molecular weight excluding hydrogens is 212 g/mol. The molecule has 1 aliphatic heterocycles. The molecule has 0 aromatic rings. The quantitative estimate of drug-likeness (QED) is 0.737. The minimum atomic E-state index is 0.300. The number of amides is 1. The second-order valence-electron chi connectivity index (χ2n) is 5.56. The maximum Gasteiger partial charge on any atom is 0.223 e. The van der Waals surface area contributed by atoms with Crippen LogP contribution in [0.25, 0.3) is 0 Å². The number of carbonyl (C=O) groups is 1. The van der Waals surface area contributed by atoms with Crippen molar-refractivity contribution in [2.24, 2.45) is 5.92 Å². The summed E-state index contributed by atoms with van der Waals surface area (Å²) in [5, 5.41) is 6.60. The number of rotatable bonds is 4. The first-order valence-electron chi connectivity index (χ1n) is 7.37. The van der Waals surface area contributed by atoms with Gasteiger partial charge in [0.2, 0.25) is 5.91 Å². The highest BCUT2D eigenvalue weighted by Gasteiger charge is 2.20. The van der Waals surface area contributed by atoms with Gasteiger partial charge in [0.05, 0.1) is 0 Å². The molecule has 2 fully saturated rings. The lowest BCUT2D eigenvalue weighted by molar-refractivity contribution is -0.125. The maximum atomic E-state index is 12.0. The zero-order valence-electron chi connectivity index (χ0n) is 10.8. The van der Waals surface area contributed by atoms with Crippen LogP contribution in [0.2, 0.25) is 0 Å². The van der Waals surface area contributed by atoms with Crippen LogP contribution in [0.15, 0.2) is 0 Å². The molecule has 98 valence electrons. The third-order valence-electron chi connectivity index (χ3n) is 4.18. The smallest absolute Gasteiger partial charge is 0.223 e. The SMILES string of the molecule is O=C(NCCC1CCCN1)C1CCCCCC1. The van der Waals surface area contributed by atoms with Crippen molar-refractivity contribution in [3.63, 3.8) is 0 Å². The van der Waals surface area contributed by atoms with E-state index in [0.717, 1.165) is 32.4 Å². The van der Waals surface area contributed by atoms with E-state index in [1.165, 1.54) is 38.5 Å². The Bertz CT molecular complexity index is 228. The summed E-state index contributed by atoms with van der Waals surface area (Å²) in [6.07, 6.45) is 11.0. The zero-order chi connectivity index (χ0) is 11.9. The first kappa shape index (κ1) is 12.9. The predicted molar refractivity (Wildman–Crippen MR) is 69.8 cm³/mol. The van der Waals surface area contributed by atoms with Crippen molar-refractivity contribution in [2.45, 2.75) is 63.8 Å². The summed E-state index contributed by atoms with van der Waals surface area (Å²) in [6, 6.07) is 0.643. The van der Waals surface area contributed by atoms with Gasteiger partial charge in [-0.25, -0.2) is 0 Å². The van der Waals surface area contributed by atoms with E-state index in [9.17, 15) is 4.79 Å². The molecule has 3 nitrogen and oxygen atoms in total. The lowest BCUT2D eigenvalue weighted by atomic mass is 9.99. The Morgan fingerprint density at radius 2 is 1.82 bits per heavy atom. The standard InChI is InChI=1S/C14H26N2O/c17-14(12-6-3-1-2-4-7-12)16-11-9-13-8-5-10-15-13/h12-13,15H,1-11H2,(H,16,17). The summed E-state index contributed by atoms with van der Waals surface area (Å²) in [6.45, 7) is 2.01. The highest BCUT2D eigenvalue weighted by atomic mass is 16.1. The van der Waals surface area contributed by atoms with Crippen molar-refractivity contribution in [1.82, 2.24) is 10.6 Å². The van der Waals surface area contributed by atoms with E-state index in [-0.39, 0.29) is 0 Å². The molecule has 0 aromatic heterocycles. The molecular formula is C14H26N2O. The molecule has 0 spiro atoms. The molecule has 1 saturated carbocycles. The molecule has 0 aromatic carbocycles. The molecule has 1 saturated heterocycles. The van der Waals surface area contributed by atoms with E-state index in [1.807, 2.05) is 0 Å². The molecule has 3 heteroatoms. The Morgan fingerprint density at radius 3 is 2.47 bits per heavy atom. The normalized spacial score (nSPS) is 26.7. The molecule has 2 rings (SSSR count). The van der Waals surface area contributed by atoms with Crippen LogP contribution in [0.5, 0.6) is 0 Å². The summed E-state index contributed by atoms with van der Waals surface area (Å²) in [5.41, 5.74) is 0. The van der Waals surface area contributed by atoms with E-state index in [2.05, 4.69) is 10.6 Å². The topological polar surface area (TPSA) is 41.1 Å². The first-order valence-corrected chi connectivity index (χ1v) is 7.37. The van der Waals surface area contributed by atoms with Crippen molar-refractivity contribution in [1.29, 1.82) is 0 Å². The number of hydrogen-bond donors (Lipinski definition) is 2. The van der Waals surface area contributed by atoms with Crippen molar-refractivity contribution in [3.05, 3.63) is 0 Å². The van der Waals surface area contributed by atoms with Gasteiger partial charge < -0.3 is 10.6 Å². The molecule has 0 bridgehead atoms. The Morgan fingerprint density at radius 1 is 1.06 bits per heavy atom. The van der Waals surface area contributed by atoms with Crippen molar-refractivity contribution >= 4 is 5.91 Å². The van der Waals surface area contributed by atoms with Crippen molar-refractivity contribution in [2.75, 3.05) is 13.1 Å². The van der Waals surface area contributed by atoms with Crippen LogP contribution in [-0.2, 0) is 4.79 Å². The van der Waals surface area contributed by atoms with Crippen LogP contribution >= 0.6 is 0 Å². The fourth-order valence-electron chi connectivity index (χ4n) is 3.06. The van der Waals surface area contributed by atoms with Gasteiger partial charge in [0.1, 0.15) is 0 Å². The van der Waals surface area contributed by atoms with Crippen LogP contribution in [0.3, 0.4) is 0 Å². The summed E-state index contributed by atoms with van der Waals surface area (Å²) < 4.78 is 0. The van der Waals surface area contributed by atoms with Crippen LogP contribution in [-0.4, -0.2) is 25.0 Å². The predicted octanol–water partition coefficient (Wildman–Crippen LogP) is 2.22. The second kappa shape index (κ2) is 7.00. The molecule has 1 heterocycles. The Kier molecular flexibility index (Phi) is 5.30. The largest absolute Gasteiger partial charge is 0.356 e. The second-order valence-corrected chi connectivity index (χ2v) is 5.56. The Hall–Kier alpha value is -0.570. The van der Waals surface area contributed by atoms with Crippen LogP contribution in [0.4, 0.5) is 0 Å². The number of nitrogens with one attached hydrogen (secondary N) is 2. The average molecular weight is 238 g/mol. The monoisotopic (exact) mass is 238 g/mol. The van der Waals surface area contributed by atoms with Crippen molar-refractivity contribution in [3.8, 4) is 0 Å². The third kappa shape index (κ3) is 4.30. The lowest BCUT2D eigenvalue weighted by Crippen LogP contribution is -2.34. The van der Waals surface area contributed by atoms with Gasteiger partial charge in [0.15, 0.2) is 0 Å². The fraction of sp³-hybridized carbons (Fsp3) is 0.929. The fourth-order valence-corrected chi connectivity index (χ4v) is 3.06. The summed E-state index contributed by atoms with van der Waals surface area (Å²) in [7, 11) is 0. The third-order valence-corrected chi connectivity index (χ3v) is 4.18. The van der Waals surface area contributed by atoms with Gasteiger partial charge in [-0.05, 0) is 38.6 Å². The van der Waals surface area contributed by atoms with Crippen LogP contribution < -0.4 is 10.6 Å². The van der Waals surface area contributed by atoms with E-state index < -0.39 is 0 Å². The minimum absolute atomic E-state index is 0.300. The van der Waals surface area contributed by atoms with Gasteiger partial charge in [-0.1, -0.05) is 25.7 Å². The molecule has 17 heavy (non-hydrogen) atoms. The molecule has 2 aliphatic rings. The Labute approximate surface area is 105 Å². The number of carbonyl (C=O) groups excluding carboxylic acids is 1. The van der Waals surface area contributed by atoms with Gasteiger partial charge in [0.25, 0.3) is 0 Å². The molecule has 1 amide bonds. The summed E-state index contributed by atoms with van der Waals surface area (Å²) in [5.74, 6) is 0.610. The van der Waals surface area contributed by atoms with E-state index >= 15 is 0 Å². The summed E-state index contributed by atoms with van der Waals surface area (Å²) in [4.78, 5) is 12.0. The lowest BCUT2D eigenvalue weighted by Gasteiger charge is -2.15. The molecule has 1 atom stereocenters. The van der Waals surface area contributed by atoms with E-state index in [1.54, 1.807) is 0 Å². The molecule has 0 radical (unpaired) electrons. The van der Waals surface area contributed by atoms with Crippen LogP contribution in [0.1, 0.15) is 57.8 Å². The zero-order valence-corrected chi connectivity index (χ0v) is 10.8. The molecule has 1 aliphatic carbocycles. The van der Waals surface area contributed by atoms with Gasteiger partial charge in [-0.15, -0.1) is 0 Å². The van der Waals surface area contributed by atoms with Gasteiger partial charge in [0, 0.05) is 18.5 Å².